The van der Waals surface area contributed by atoms with E-state index < -0.39 is 0 Å². The van der Waals surface area contributed by atoms with Gasteiger partial charge in [0.2, 0.25) is 0 Å². The van der Waals surface area contributed by atoms with Gasteiger partial charge in [0.15, 0.2) is 0 Å². The summed E-state index contributed by atoms with van der Waals surface area (Å²) in [4.78, 5) is 4.52. The Morgan fingerprint density at radius 1 is 1.05 bits per heavy atom. The van der Waals surface area contributed by atoms with Crippen LogP contribution in [0.5, 0.6) is 0 Å². The Labute approximate surface area is 125 Å². The summed E-state index contributed by atoms with van der Waals surface area (Å²) in [6.45, 7) is 8.99. The monoisotopic (exact) mass is 273 g/mol. The first-order valence-corrected chi connectivity index (χ1v) is 7.50. The molecule has 0 saturated carbocycles. The van der Waals surface area contributed by atoms with Crippen LogP contribution in [0.25, 0.3) is 22.6 Å². The summed E-state index contributed by atoms with van der Waals surface area (Å²) in [7, 11) is 0. The minimum Gasteiger partial charge on any atom is -0.256 e. The highest BCUT2D eigenvalue weighted by molar-refractivity contribution is 6.04. The van der Waals surface area contributed by atoms with Crippen molar-refractivity contribution >= 4 is 22.6 Å². The molecule has 0 amide bonds. The predicted molar refractivity (Wildman–Crippen MR) is 90.0 cm³/mol. The summed E-state index contributed by atoms with van der Waals surface area (Å²) >= 11 is 0. The van der Waals surface area contributed by atoms with Gasteiger partial charge in [-0.25, -0.2) is 0 Å². The standard InChI is InChI=1S/C20H19N/c1-12-10-20(3,4)11-17-16(12)8-14-9-18-15(6-5-7-21-18)13(2)19(14)17/h5-11H,1-4H3. The van der Waals surface area contributed by atoms with Crippen molar-refractivity contribution in [1.82, 2.24) is 4.98 Å². The zero-order valence-electron chi connectivity index (χ0n) is 13.0. The molecule has 0 radical (unpaired) electrons. The first kappa shape index (κ1) is 12.6. The molecule has 4 rings (SSSR count). The van der Waals surface area contributed by atoms with E-state index in [2.05, 4.69) is 63.0 Å². The van der Waals surface area contributed by atoms with Gasteiger partial charge in [-0.3, -0.25) is 4.98 Å². The van der Waals surface area contributed by atoms with Gasteiger partial charge < -0.3 is 0 Å². The van der Waals surface area contributed by atoms with Gasteiger partial charge in [0.1, 0.15) is 0 Å². The van der Waals surface area contributed by atoms with Crippen LogP contribution in [-0.4, -0.2) is 4.98 Å². The zero-order valence-corrected chi connectivity index (χ0v) is 13.0. The van der Waals surface area contributed by atoms with Crippen LogP contribution in [0.1, 0.15) is 37.5 Å². The van der Waals surface area contributed by atoms with Gasteiger partial charge in [0.25, 0.3) is 0 Å². The number of hydrogen-bond donors (Lipinski definition) is 0. The summed E-state index contributed by atoms with van der Waals surface area (Å²) < 4.78 is 0. The number of aromatic nitrogens is 1. The summed E-state index contributed by atoms with van der Waals surface area (Å²) in [5.41, 5.74) is 9.42. The predicted octanol–water partition coefficient (Wildman–Crippen LogP) is 5.31. The second kappa shape index (κ2) is 3.94. The van der Waals surface area contributed by atoms with Crippen LogP contribution in [0, 0.1) is 12.3 Å². The van der Waals surface area contributed by atoms with Gasteiger partial charge in [0, 0.05) is 17.0 Å². The van der Waals surface area contributed by atoms with Gasteiger partial charge in [-0.2, -0.15) is 0 Å². The number of fused-ring (bicyclic) bond motifs is 4. The molecule has 2 aliphatic rings. The average Bonchev–Trinajstić information content (AvgIpc) is 2.76. The van der Waals surface area contributed by atoms with Crippen molar-refractivity contribution in [2.75, 3.05) is 0 Å². The van der Waals surface area contributed by atoms with Crippen molar-refractivity contribution in [3.05, 3.63) is 64.4 Å². The topological polar surface area (TPSA) is 12.9 Å². The Balaban J connectivity index is 2.07. The second-order valence-corrected chi connectivity index (χ2v) is 6.80. The fourth-order valence-corrected chi connectivity index (χ4v) is 3.79. The summed E-state index contributed by atoms with van der Waals surface area (Å²) in [6, 6.07) is 6.42. The van der Waals surface area contributed by atoms with Gasteiger partial charge in [-0.15, -0.1) is 0 Å². The molecular formula is C20H19N. The number of pyridine rings is 1. The third kappa shape index (κ3) is 1.73. The number of hydrogen-bond acceptors (Lipinski definition) is 1. The molecule has 1 heterocycles. The molecule has 0 unspecified atom stereocenters. The Kier molecular flexibility index (Phi) is 2.36. The van der Waals surface area contributed by atoms with E-state index in [4.69, 9.17) is 0 Å². The zero-order chi connectivity index (χ0) is 14.8. The highest BCUT2D eigenvalue weighted by Crippen LogP contribution is 2.48. The molecule has 0 saturated heterocycles. The minimum atomic E-state index is 0.120. The number of aryl methyl sites for hydroxylation is 1. The number of benzene rings is 1. The van der Waals surface area contributed by atoms with Gasteiger partial charge in [-0.05, 0) is 65.5 Å². The molecule has 2 aliphatic carbocycles. The largest absolute Gasteiger partial charge is 0.256 e. The number of rotatable bonds is 0. The van der Waals surface area contributed by atoms with Crippen LogP contribution in [0.3, 0.4) is 0 Å². The maximum Gasteiger partial charge on any atom is 0.0711 e. The van der Waals surface area contributed by atoms with E-state index in [0.29, 0.717) is 0 Å². The summed E-state index contributed by atoms with van der Waals surface area (Å²) in [5, 5.41) is 1.26. The first-order chi connectivity index (χ1) is 9.96. The fraction of sp³-hybridized carbons (Fsp3) is 0.250. The summed E-state index contributed by atoms with van der Waals surface area (Å²) in [5.74, 6) is 0. The van der Waals surface area contributed by atoms with Crippen molar-refractivity contribution in [1.29, 1.82) is 0 Å². The molecule has 104 valence electrons. The molecule has 0 atom stereocenters. The molecule has 1 nitrogen and oxygen atoms in total. The molecule has 0 aliphatic heterocycles. The SMILES string of the molecule is CC1=CC(C)(C)C=C2C1=Cc1cc3ncccc3c(C)c12. The Morgan fingerprint density at radius 2 is 1.86 bits per heavy atom. The van der Waals surface area contributed by atoms with Crippen LogP contribution in [-0.2, 0) is 0 Å². The third-order valence-electron chi connectivity index (χ3n) is 4.59. The molecule has 0 fully saturated rings. The summed E-state index contributed by atoms with van der Waals surface area (Å²) in [6.07, 6.45) is 8.97. The van der Waals surface area contributed by atoms with E-state index in [9.17, 15) is 0 Å². The van der Waals surface area contributed by atoms with E-state index in [1.807, 2.05) is 12.3 Å². The lowest BCUT2D eigenvalue weighted by molar-refractivity contribution is 0.619. The number of nitrogens with zero attached hydrogens (tertiary/aromatic N) is 1. The average molecular weight is 273 g/mol. The van der Waals surface area contributed by atoms with Crippen LogP contribution >= 0.6 is 0 Å². The smallest absolute Gasteiger partial charge is 0.0711 e. The molecule has 21 heavy (non-hydrogen) atoms. The highest BCUT2D eigenvalue weighted by atomic mass is 14.6. The molecule has 2 aromatic rings. The van der Waals surface area contributed by atoms with Crippen LogP contribution in [0.15, 0.2) is 47.7 Å². The first-order valence-electron chi connectivity index (χ1n) is 7.50. The van der Waals surface area contributed by atoms with Crippen molar-refractivity contribution in [2.45, 2.75) is 27.7 Å². The molecular weight excluding hydrogens is 254 g/mol. The van der Waals surface area contributed by atoms with Gasteiger partial charge in [0.05, 0.1) is 5.52 Å². The van der Waals surface area contributed by atoms with E-state index >= 15 is 0 Å². The van der Waals surface area contributed by atoms with Crippen LogP contribution in [0.4, 0.5) is 0 Å². The maximum absolute atomic E-state index is 4.52. The Bertz CT molecular complexity index is 876. The maximum atomic E-state index is 4.52. The molecule has 0 bridgehead atoms. The van der Waals surface area contributed by atoms with E-state index in [0.717, 1.165) is 5.52 Å². The van der Waals surface area contributed by atoms with Crippen molar-refractivity contribution in [3.63, 3.8) is 0 Å². The quantitative estimate of drug-likeness (QED) is 0.634. The van der Waals surface area contributed by atoms with Gasteiger partial charge in [-0.1, -0.05) is 32.1 Å². The van der Waals surface area contributed by atoms with Crippen LogP contribution in [0.2, 0.25) is 0 Å². The normalized spacial score (nSPS) is 18.8. The number of allylic oxidation sites excluding steroid dienone is 5. The van der Waals surface area contributed by atoms with E-state index in [-0.39, 0.29) is 5.41 Å². The van der Waals surface area contributed by atoms with Gasteiger partial charge >= 0.3 is 0 Å². The highest BCUT2D eigenvalue weighted by Gasteiger charge is 2.29. The third-order valence-corrected chi connectivity index (χ3v) is 4.59. The fourth-order valence-electron chi connectivity index (χ4n) is 3.79. The Morgan fingerprint density at radius 3 is 2.67 bits per heavy atom. The van der Waals surface area contributed by atoms with Crippen molar-refractivity contribution in [3.8, 4) is 0 Å². The molecule has 0 spiro atoms. The van der Waals surface area contributed by atoms with Crippen molar-refractivity contribution < 1.29 is 0 Å². The second-order valence-electron chi connectivity index (χ2n) is 6.80. The lowest BCUT2D eigenvalue weighted by atomic mass is 9.78. The lowest BCUT2D eigenvalue weighted by Gasteiger charge is -2.26. The molecule has 1 heteroatoms. The Hall–Kier alpha value is -2.15. The molecule has 1 aromatic heterocycles. The van der Waals surface area contributed by atoms with E-state index in [1.54, 1.807) is 0 Å². The lowest BCUT2D eigenvalue weighted by Crippen LogP contribution is -2.10. The van der Waals surface area contributed by atoms with Crippen molar-refractivity contribution in [2.24, 2.45) is 5.41 Å². The minimum absolute atomic E-state index is 0.120. The van der Waals surface area contributed by atoms with E-state index in [1.165, 1.54) is 38.8 Å². The van der Waals surface area contributed by atoms with Crippen LogP contribution < -0.4 is 0 Å². The molecule has 1 aromatic carbocycles. The molecule has 0 N–H and O–H groups in total.